The Morgan fingerprint density at radius 3 is 3.05 bits per heavy atom. The normalized spacial score (nSPS) is 16.6. The molecule has 0 bridgehead atoms. The molecule has 1 fully saturated rings. The van der Waals surface area contributed by atoms with E-state index in [0.29, 0.717) is 19.0 Å². The number of hydrogen-bond donors (Lipinski definition) is 2. The summed E-state index contributed by atoms with van der Waals surface area (Å²) in [6, 6.07) is 5.67. The highest BCUT2D eigenvalue weighted by Crippen LogP contribution is 2.41. The lowest BCUT2D eigenvalue weighted by Gasteiger charge is -2.15. The standard InChI is InChI=1S/C15H17N5OS/c16-15(21)20-6-5-9-3-4-11(7-12(9)20)17-8-13-18-19-14(22-13)10-1-2-10/h3-4,7,10,17H,1-2,5-6,8H2,(H2,16,21). The number of primary amides is 1. The monoisotopic (exact) mass is 315 g/mol. The van der Waals surface area contributed by atoms with Crippen molar-refractivity contribution < 1.29 is 4.79 Å². The van der Waals surface area contributed by atoms with Crippen molar-refractivity contribution in [3.8, 4) is 0 Å². The molecule has 114 valence electrons. The van der Waals surface area contributed by atoms with Crippen molar-refractivity contribution in [2.75, 3.05) is 16.8 Å². The summed E-state index contributed by atoms with van der Waals surface area (Å²) in [6.07, 6.45) is 3.35. The van der Waals surface area contributed by atoms with E-state index in [1.54, 1.807) is 16.2 Å². The number of nitrogens with zero attached hydrogens (tertiary/aromatic N) is 3. The summed E-state index contributed by atoms with van der Waals surface area (Å²) in [5.74, 6) is 0.648. The number of amides is 2. The van der Waals surface area contributed by atoms with Crippen LogP contribution in [-0.2, 0) is 13.0 Å². The van der Waals surface area contributed by atoms with Gasteiger partial charge in [0, 0.05) is 18.2 Å². The molecule has 1 aromatic heterocycles. The minimum atomic E-state index is -0.394. The zero-order chi connectivity index (χ0) is 15.1. The average Bonchev–Trinajstić information content (AvgIpc) is 3.10. The number of fused-ring (bicyclic) bond motifs is 1. The lowest BCUT2D eigenvalue weighted by molar-refractivity contribution is 0.254. The Balaban J connectivity index is 1.46. The van der Waals surface area contributed by atoms with E-state index in [-0.39, 0.29) is 0 Å². The molecule has 1 aromatic carbocycles. The number of carbonyl (C=O) groups excluding carboxylic acids is 1. The number of nitrogens with two attached hydrogens (primary N) is 1. The molecule has 22 heavy (non-hydrogen) atoms. The number of urea groups is 1. The second-order valence-corrected chi connectivity index (χ2v) is 6.84. The molecule has 0 saturated heterocycles. The van der Waals surface area contributed by atoms with Crippen LogP contribution >= 0.6 is 11.3 Å². The Bertz CT molecular complexity index is 724. The summed E-state index contributed by atoms with van der Waals surface area (Å²) in [5.41, 5.74) is 8.46. The highest BCUT2D eigenvalue weighted by atomic mass is 32.1. The fraction of sp³-hybridized carbons (Fsp3) is 0.400. The molecular weight excluding hydrogens is 298 g/mol. The Hall–Kier alpha value is -2.15. The minimum absolute atomic E-state index is 0.394. The Labute approximate surface area is 132 Å². The zero-order valence-corrected chi connectivity index (χ0v) is 12.9. The third-order valence-corrected chi connectivity index (χ3v) is 5.19. The molecule has 2 aliphatic rings. The molecule has 6 nitrogen and oxygen atoms in total. The first kappa shape index (κ1) is 13.5. The number of anilines is 2. The van der Waals surface area contributed by atoms with E-state index in [4.69, 9.17) is 5.73 Å². The van der Waals surface area contributed by atoms with Gasteiger partial charge in [-0.15, -0.1) is 10.2 Å². The van der Waals surface area contributed by atoms with Crippen LogP contribution in [0, 0.1) is 0 Å². The van der Waals surface area contributed by atoms with Crippen molar-refractivity contribution >= 4 is 28.7 Å². The molecule has 2 amide bonds. The van der Waals surface area contributed by atoms with E-state index in [9.17, 15) is 4.79 Å². The number of nitrogens with one attached hydrogen (secondary N) is 1. The van der Waals surface area contributed by atoms with Gasteiger partial charge >= 0.3 is 6.03 Å². The predicted octanol–water partition coefficient (Wildman–Crippen LogP) is 2.47. The third kappa shape index (κ3) is 2.52. The van der Waals surface area contributed by atoms with Crippen LogP contribution in [0.15, 0.2) is 18.2 Å². The molecule has 0 radical (unpaired) electrons. The summed E-state index contributed by atoms with van der Waals surface area (Å²) in [7, 11) is 0. The SMILES string of the molecule is NC(=O)N1CCc2ccc(NCc3nnc(C4CC4)s3)cc21. The van der Waals surface area contributed by atoms with Crippen LogP contribution in [0.4, 0.5) is 16.2 Å². The molecule has 3 N–H and O–H groups in total. The lowest BCUT2D eigenvalue weighted by Crippen LogP contribution is -2.33. The van der Waals surface area contributed by atoms with Crippen LogP contribution in [0.25, 0.3) is 0 Å². The maximum absolute atomic E-state index is 11.4. The van der Waals surface area contributed by atoms with Crippen LogP contribution in [0.3, 0.4) is 0 Å². The molecule has 7 heteroatoms. The highest BCUT2D eigenvalue weighted by Gasteiger charge is 2.27. The van der Waals surface area contributed by atoms with Gasteiger partial charge in [0.1, 0.15) is 10.0 Å². The van der Waals surface area contributed by atoms with Crippen molar-refractivity contribution in [2.24, 2.45) is 5.73 Å². The van der Waals surface area contributed by atoms with Crippen molar-refractivity contribution in [3.05, 3.63) is 33.8 Å². The molecule has 1 aliphatic heterocycles. The number of rotatable bonds is 4. The molecule has 0 spiro atoms. The van der Waals surface area contributed by atoms with E-state index in [0.717, 1.165) is 33.4 Å². The molecule has 4 rings (SSSR count). The van der Waals surface area contributed by atoms with Crippen LogP contribution in [0.1, 0.15) is 34.3 Å². The second-order valence-electron chi connectivity index (χ2n) is 5.75. The zero-order valence-electron chi connectivity index (χ0n) is 12.1. The van der Waals surface area contributed by atoms with Crippen molar-refractivity contribution in [1.29, 1.82) is 0 Å². The molecule has 0 unspecified atom stereocenters. The van der Waals surface area contributed by atoms with Gasteiger partial charge in [0.05, 0.1) is 12.2 Å². The maximum Gasteiger partial charge on any atom is 0.319 e. The first-order chi connectivity index (χ1) is 10.7. The van der Waals surface area contributed by atoms with Crippen LogP contribution in [0.5, 0.6) is 0 Å². The first-order valence-corrected chi connectivity index (χ1v) is 8.28. The van der Waals surface area contributed by atoms with Gasteiger partial charge in [-0.1, -0.05) is 17.4 Å². The minimum Gasteiger partial charge on any atom is -0.378 e. The van der Waals surface area contributed by atoms with Crippen LogP contribution in [-0.4, -0.2) is 22.8 Å². The Morgan fingerprint density at radius 1 is 1.41 bits per heavy atom. The van der Waals surface area contributed by atoms with E-state index in [1.165, 1.54) is 12.8 Å². The molecule has 0 atom stereocenters. The Kier molecular flexibility index (Phi) is 3.22. The van der Waals surface area contributed by atoms with Gasteiger partial charge < -0.3 is 11.1 Å². The van der Waals surface area contributed by atoms with E-state index >= 15 is 0 Å². The molecule has 2 heterocycles. The summed E-state index contributed by atoms with van der Waals surface area (Å²) in [4.78, 5) is 13.1. The number of carbonyl (C=O) groups is 1. The van der Waals surface area contributed by atoms with Gasteiger partial charge in [-0.2, -0.15) is 0 Å². The lowest BCUT2D eigenvalue weighted by atomic mass is 10.1. The quantitative estimate of drug-likeness (QED) is 0.908. The van der Waals surface area contributed by atoms with E-state index in [1.807, 2.05) is 12.1 Å². The maximum atomic E-state index is 11.4. The number of benzene rings is 1. The topological polar surface area (TPSA) is 84.1 Å². The van der Waals surface area contributed by atoms with Gasteiger partial charge in [-0.25, -0.2) is 4.79 Å². The van der Waals surface area contributed by atoms with Gasteiger partial charge in [0.2, 0.25) is 0 Å². The van der Waals surface area contributed by atoms with Crippen LogP contribution < -0.4 is 16.0 Å². The second kappa shape index (κ2) is 5.24. The summed E-state index contributed by atoms with van der Waals surface area (Å²) in [6.45, 7) is 1.31. The fourth-order valence-electron chi connectivity index (χ4n) is 2.73. The third-order valence-electron chi connectivity index (χ3n) is 4.10. The molecule has 2 aromatic rings. The first-order valence-electron chi connectivity index (χ1n) is 7.47. The largest absolute Gasteiger partial charge is 0.378 e. The van der Waals surface area contributed by atoms with Gasteiger partial charge in [0.15, 0.2) is 0 Å². The summed E-state index contributed by atoms with van der Waals surface area (Å²) in [5, 5.41) is 14.0. The number of hydrogen-bond acceptors (Lipinski definition) is 5. The Morgan fingerprint density at radius 2 is 2.27 bits per heavy atom. The molecule has 1 saturated carbocycles. The van der Waals surface area contributed by atoms with E-state index < -0.39 is 6.03 Å². The van der Waals surface area contributed by atoms with Crippen molar-refractivity contribution in [3.63, 3.8) is 0 Å². The van der Waals surface area contributed by atoms with Gasteiger partial charge in [-0.05, 0) is 37.0 Å². The molecule has 1 aliphatic carbocycles. The number of aromatic nitrogens is 2. The predicted molar refractivity (Wildman–Crippen MR) is 86.3 cm³/mol. The highest BCUT2D eigenvalue weighted by molar-refractivity contribution is 7.11. The van der Waals surface area contributed by atoms with Gasteiger partial charge in [-0.3, -0.25) is 4.90 Å². The fourth-order valence-corrected chi connectivity index (χ4v) is 3.68. The summed E-state index contributed by atoms with van der Waals surface area (Å²) < 4.78 is 0. The van der Waals surface area contributed by atoms with Crippen molar-refractivity contribution in [2.45, 2.75) is 31.7 Å². The van der Waals surface area contributed by atoms with Gasteiger partial charge in [0.25, 0.3) is 0 Å². The summed E-state index contributed by atoms with van der Waals surface area (Å²) >= 11 is 1.68. The van der Waals surface area contributed by atoms with E-state index in [2.05, 4.69) is 21.6 Å². The van der Waals surface area contributed by atoms with Crippen molar-refractivity contribution in [1.82, 2.24) is 10.2 Å². The smallest absolute Gasteiger partial charge is 0.319 e. The molecular formula is C15H17N5OS. The average molecular weight is 315 g/mol. The van der Waals surface area contributed by atoms with Crippen LogP contribution in [0.2, 0.25) is 0 Å².